The fourth-order valence-electron chi connectivity index (χ4n) is 2.48. The molecule has 22 heavy (non-hydrogen) atoms. The van der Waals surface area contributed by atoms with E-state index in [1.165, 1.54) is 11.8 Å². The smallest absolute Gasteiger partial charge is 0.242 e. The number of hydrogen-bond acceptors (Lipinski definition) is 3. The minimum atomic E-state index is -0.168. The number of nitrogens with zero attached hydrogens (tertiary/aromatic N) is 3. The predicted molar refractivity (Wildman–Crippen MR) is 87.7 cm³/mol. The summed E-state index contributed by atoms with van der Waals surface area (Å²) in [5.74, 6) is -0.230. The maximum Gasteiger partial charge on any atom is 0.242 e. The summed E-state index contributed by atoms with van der Waals surface area (Å²) >= 11 is 0. The molecule has 0 saturated heterocycles. The molecule has 1 aromatic carbocycles. The monoisotopic (exact) mass is 299 g/mol. The number of pyridine rings is 1. The number of likely N-dealkylation sites (N-methyl/N-ethyl adjacent to an activating group) is 1. The molecule has 0 spiro atoms. The molecule has 0 aliphatic heterocycles. The lowest BCUT2D eigenvalue weighted by atomic mass is 10.1. The molecule has 0 bridgehead atoms. The second kappa shape index (κ2) is 7.02. The third-order valence-electron chi connectivity index (χ3n) is 3.69. The zero-order chi connectivity index (χ0) is 16.1. The Balaban J connectivity index is 2.39. The van der Waals surface area contributed by atoms with Crippen LogP contribution in [0.2, 0.25) is 0 Å². The van der Waals surface area contributed by atoms with Crippen LogP contribution in [0.5, 0.6) is 0 Å². The van der Waals surface area contributed by atoms with Crippen LogP contribution in [-0.2, 0) is 9.59 Å². The second-order valence-corrected chi connectivity index (χ2v) is 5.02. The highest BCUT2D eigenvalue weighted by atomic mass is 16.2. The van der Waals surface area contributed by atoms with Crippen LogP contribution in [0.15, 0.2) is 36.5 Å². The Morgan fingerprint density at radius 1 is 1.09 bits per heavy atom. The minimum Gasteiger partial charge on any atom is -0.342 e. The van der Waals surface area contributed by atoms with Gasteiger partial charge in [-0.05, 0) is 26.0 Å². The lowest BCUT2D eigenvalue weighted by Crippen LogP contribution is -2.42. The molecular formula is C17H21N3O2. The number of carbonyl (C=O) groups excluding carboxylic acids is 2. The highest BCUT2D eigenvalue weighted by molar-refractivity contribution is 6.04. The SMILES string of the molecule is CCN(CC)C(=O)CN(C(C)=O)c1cccc2cccnc12. The van der Waals surface area contributed by atoms with Crippen molar-refractivity contribution in [3.63, 3.8) is 0 Å². The first kappa shape index (κ1) is 15.9. The summed E-state index contributed by atoms with van der Waals surface area (Å²) in [6.45, 7) is 6.63. The van der Waals surface area contributed by atoms with Crippen LogP contribution in [0, 0.1) is 0 Å². The quantitative estimate of drug-likeness (QED) is 0.852. The van der Waals surface area contributed by atoms with Gasteiger partial charge < -0.3 is 9.80 Å². The van der Waals surface area contributed by atoms with E-state index in [0.717, 1.165) is 10.9 Å². The van der Waals surface area contributed by atoms with Crippen molar-refractivity contribution < 1.29 is 9.59 Å². The molecule has 0 saturated carbocycles. The van der Waals surface area contributed by atoms with Gasteiger partial charge in [-0.15, -0.1) is 0 Å². The van der Waals surface area contributed by atoms with Gasteiger partial charge in [-0.1, -0.05) is 18.2 Å². The molecular weight excluding hydrogens is 278 g/mol. The van der Waals surface area contributed by atoms with Crippen LogP contribution < -0.4 is 4.90 Å². The summed E-state index contributed by atoms with van der Waals surface area (Å²) in [6, 6.07) is 9.43. The van der Waals surface area contributed by atoms with Crippen molar-refractivity contribution in [3.8, 4) is 0 Å². The summed E-state index contributed by atoms with van der Waals surface area (Å²) in [6.07, 6.45) is 1.69. The molecule has 1 aromatic heterocycles. The van der Waals surface area contributed by atoms with E-state index in [-0.39, 0.29) is 18.4 Å². The minimum absolute atomic E-state index is 0.0344. The zero-order valence-electron chi connectivity index (χ0n) is 13.2. The van der Waals surface area contributed by atoms with E-state index in [4.69, 9.17) is 0 Å². The first-order valence-electron chi connectivity index (χ1n) is 7.48. The van der Waals surface area contributed by atoms with Crippen LogP contribution in [0.25, 0.3) is 10.9 Å². The van der Waals surface area contributed by atoms with E-state index >= 15 is 0 Å². The number of hydrogen-bond donors (Lipinski definition) is 0. The topological polar surface area (TPSA) is 53.5 Å². The standard InChI is InChI=1S/C17H21N3O2/c1-4-19(5-2)16(22)12-20(13(3)21)15-10-6-8-14-9-7-11-18-17(14)15/h6-11H,4-5,12H2,1-3H3. The van der Waals surface area contributed by atoms with E-state index in [2.05, 4.69) is 4.98 Å². The van der Waals surface area contributed by atoms with E-state index < -0.39 is 0 Å². The molecule has 0 N–H and O–H groups in total. The number of benzene rings is 1. The van der Waals surface area contributed by atoms with Crippen LogP contribution in [0.4, 0.5) is 5.69 Å². The molecule has 2 amide bonds. The summed E-state index contributed by atoms with van der Waals surface area (Å²) in [7, 11) is 0. The molecule has 2 aromatic rings. The number of amides is 2. The number of carbonyl (C=O) groups is 2. The fraction of sp³-hybridized carbons (Fsp3) is 0.353. The van der Waals surface area contributed by atoms with Gasteiger partial charge in [-0.2, -0.15) is 0 Å². The molecule has 0 aliphatic rings. The van der Waals surface area contributed by atoms with E-state index in [9.17, 15) is 9.59 Å². The largest absolute Gasteiger partial charge is 0.342 e. The average molecular weight is 299 g/mol. The fourth-order valence-corrected chi connectivity index (χ4v) is 2.48. The molecule has 5 heteroatoms. The van der Waals surface area contributed by atoms with Gasteiger partial charge in [0.15, 0.2) is 0 Å². The number of fused-ring (bicyclic) bond motifs is 1. The van der Waals surface area contributed by atoms with Crippen molar-refractivity contribution in [2.24, 2.45) is 0 Å². The Hall–Kier alpha value is -2.43. The van der Waals surface area contributed by atoms with Crippen LogP contribution in [0.1, 0.15) is 20.8 Å². The van der Waals surface area contributed by atoms with Gasteiger partial charge in [0.2, 0.25) is 11.8 Å². The first-order valence-corrected chi connectivity index (χ1v) is 7.48. The Bertz CT molecular complexity index is 675. The summed E-state index contributed by atoms with van der Waals surface area (Å²) in [5, 5.41) is 0.946. The Morgan fingerprint density at radius 2 is 1.77 bits per heavy atom. The van der Waals surface area contributed by atoms with Crippen molar-refractivity contribution in [2.75, 3.05) is 24.5 Å². The van der Waals surface area contributed by atoms with Crippen LogP contribution in [-0.4, -0.2) is 41.3 Å². The van der Waals surface area contributed by atoms with Crippen LogP contribution in [0.3, 0.4) is 0 Å². The Labute approximate surface area is 130 Å². The van der Waals surface area contributed by atoms with Crippen LogP contribution >= 0.6 is 0 Å². The molecule has 2 rings (SSSR count). The van der Waals surface area contributed by atoms with Crippen molar-refractivity contribution >= 4 is 28.4 Å². The predicted octanol–water partition coefficient (Wildman–Crippen LogP) is 2.46. The molecule has 0 fully saturated rings. The highest BCUT2D eigenvalue weighted by Crippen LogP contribution is 2.24. The van der Waals surface area contributed by atoms with Gasteiger partial charge >= 0.3 is 0 Å². The van der Waals surface area contributed by atoms with E-state index in [1.54, 1.807) is 11.1 Å². The Kier molecular flexibility index (Phi) is 5.09. The first-order chi connectivity index (χ1) is 10.6. The lowest BCUT2D eigenvalue weighted by Gasteiger charge is -2.26. The second-order valence-electron chi connectivity index (χ2n) is 5.02. The summed E-state index contributed by atoms with van der Waals surface area (Å²) < 4.78 is 0. The molecule has 0 atom stereocenters. The number of rotatable bonds is 5. The Morgan fingerprint density at radius 3 is 2.41 bits per heavy atom. The van der Waals surface area contributed by atoms with Crippen molar-refractivity contribution in [3.05, 3.63) is 36.5 Å². The van der Waals surface area contributed by atoms with Gasteiger partial charge in [-0.25, -0.2) is 0 Å². The van der Waals surface area contributed by atoms with E-state index in [0.29, 0.717) is 18.8 Å². The van der Waals surface area contributed by atoms with Gasteiger partial charge in [0.1, 0.15) is 6.54 Å². The maximum atomic E-state index is 12.3. The number of para-hydroxylation sites is 1. The van der Waals surface area contributed by atoms with Gasteiger partial charge in [0.25, 0.3) is 0 Å². The van der Waals surface area contributed by atoms with Gasteiger partial charge in [0.05, 0.1) is 11.2 Å². The van der Waals surface area contributed by atoms with Gasteiger partial charge in [-0.3, -0.25) is 14.6 Å². The molecule has 5 nitrogen and oxygen atoms in total. The molecule has 116 valence electrons. The highest BCUT2D eigenvalue weighted by Gasteiger charge is 2.20. The van der Waals surface area contributed by atoms with E-state index in [1.807, 2.05) is 44.2 Å². The van der Waals surface area contributed by atoms with Crippen molar-refractivity contribution in [2.45, 2.75) is 20.8 Å². The molecule has 1 heterocycles. The third-order valence-corrected chi connectivity index (χ3v) is 3.69. The average Bonchev–Trinajstić information content (AvgIpc) is 2.53. The lowest BCUT2D eigenvalue weighted by molar-refractivity contribution is -0.130. The third kappa shape index (κ3) is 3.24. The summed E-state index contributed by atoms with van der Waals surface area (Å²) in [4.78, 5) is 32.0. The zero-order valence-corrected chi connectivity index (χ0v) is 13.2. The summed E-state index contributed by atoms with van der Waals surface area (Å²) in [5.41, 5.74) is 1.40. The number of aromatic nitrogens is 1. The number of anilines is 1. The molecule has 0 unspecified atom stereocenters. The molecule has 0 aliphatic carbocycles. The molecule has 0 radical (unpaired) electrons. The normalized spacial score (nSPS) is 10.5. The van der Waals surface area contributed by atoms with Crippen molar-refractivity contribution in [1.29, 1.82) is 0 Å². The van der Waals surface area contributed by atoms with Crippen molar-refractivity contribution in [1.82, 2.24) is 9.88 Å². The maximum absolute atomic E-state index is 12.3. The van der Waals surface area contributed by atoms with Gasteiger partial charge in [0, 0.05) is 31.6 Å².